The molecule has 1 fully saturated rings. The summed E-state index contributed by atoms with van der Waals surface area (Å²) >= 11 is 6.09. The Balaban J connectivity index is 1.21. The van der Waals surface area contributed by atoms with E-state index in [1.165, 1.54) is 5.56 Å². The molecule has 0 atom stereocenters. The second kappa shape index (κ2) is 10.8. The molecule has 198 valence electrons. The highest BCUT2D eigenvalue weighted by Gasteiger charge is 2.43. The van der Waals surface area contributed by atoms with Crippen molar-refractivity contribution in [1.82, 2.24) is 25.2 Å². The summed E-state index contributed by atoms with van der Waals surface area (Å²) in [6, 6.07) is 19.7. The summed E-state index contributed by atoms with van der Waals surface area (Å²) in [6.07, 6.45) is 7.06. The molecule has 0 spiro atoms. The van der Waals surface area contributed by atoms with Gasteiger partial charge in [-0.15, -0.1) is 0 Å². The minimum Gasteiger partial charge on any atom is -0.350 e. The van der Waals surface area contributed by atoms with Crippen molar-refractivity contribution < 1.29 is 4.79 Å². The van der Waals surface area contributed by atoms with Crippen molar-refractivity contribution in [2.45, 2.75) is 57.3 Å². The highest BCUT2D eigenvalue weighted by Crippen LogP contribution is 2.51. The molecule has 3 heterocycles. The number of carbonyl (C=O) groups is 1. The number of carbonyl (C=O) groups excluding carboxylic acids is 1. The van der Waals surface area contributed by atoms with E-state index in [9.17, 15) is 9.59 Å². The smallest absolute Gasteiger partial charge is 0.273 e. The number of benzene rings is 2. The molecule has 0 saturated heterocycles. The van der Waals surface area contributed by atoms with Crippen LogP contribution in [0.2, 0.25) is 5.02 Å². The van der Waals surface area contributed by atoms with Crippen LogP contribution in [0.1, 0.15) is 47.3 Å². The van der Waals surface area contributed by atoms with Crippen molar-refractivity contribution in [3.63, 3.8) is 0 Å². The second-order valence-corrected chi connectivity index (χ2v) is 10.9. The molecule has 2 aromatic carbocycles. The Bertz CT molecular complexity index is 1560. The maximum atomic E-state index is 13.7. The van der Waals surface area contributed by atoms with Gasteiger partial charge in [-0.25, -0.2) is 0 Å². The molecule has 1 aliphatic heterocycles. The lowest BCUT2D eigenvalue weighted by Crippen LogP contribution is -2.35. The van der Waals surface area contributed by atoms with Crippen molar-refractivity contribution in [2.75, 3.05) is 0 Å². The van der Waals surface area contributed by atoms with Gasteiger partial charge in [0.05, 0.1) is 17.6 Å². The Morgan fingerprint density at radius 1 is 1.03 bits per heavy atom. The van der Waals surface area contributed by atoms with E-state index in [0.29, 0.717) is 24.4 Å². The highest BCUT2D eigenvalue weighted by atomic mass is 35.5. The van der Waals surface area contributed by atoms with Crippen LogP contribution in [-0.4, -0.2) is 20.4 Å². The minimum absolute atomic E-state index is 0.0679. The molecule has 8 heteroatoms. The molecule has 1 saturated carbocycles. The van der Waals surface area contributed by atoms with Gasteiger partial charge in [0.15, 0.2) is 0 Å². The van der Waals surface area contributed by atoms with Crippen LogP contribution in [0.3, 0.4) is 0 Å². The van der Waals surface area contributed by atoms with Gasteiger partial charge in [0.2, 0.25) is 5.91 Å². The van der Waals surface area contributed by atoms with E-state index in [-0.39, 0.29) is 23.4 Å². The summed E-state index contributed by atoms with van der Waals surface area (Å²) in [4.78, 5) is 35.9. The molecular weight excluding hydrogens is 510 g/mol. The first kappa shape index (κ1) is 25.5. The molecule has 4 aromatic rings. The molecule has 0 radical (unpaired) electrons. The molecule has 7 nitrogen and oxygen atoms in total. The Kier molecular flexibility index (Phi) is 7.02. The Morgan fingerprint density at radius 2 is 1.82 bits per heavy atom. The zero-order valence-corrected chi connectivity index (χ0v) is 22.4. The van der Waals surface area contributed by atoms with Gasteiger partial charge in [0, 0.05) is 30.9 Å². The average molecular weight is 540 g/mol. The second-order valence-electron chi connectivity index (χ2n) is 10.5. The average Bonchev–Trinajstić information content (AvgIpc) is 3.60. The van der Waals surface area contributed by atoms with Crippen molar-refractivity contribution in [3.05, 3.63) is 117 Å². The Hall–Kier alpha value is -3.81. The van der Waals surface area contributed by atoms with Gasteiger partial charge in [0.25, 0.3) is 5.56 Å². The monoisotopic (exact) mass is 539 g/mol. The topological polar surface area (TPSA) is 88.9 Å². The fraction of sp³-hybridized carbons (Fsp3) is 0.290. The number of amides is 1. The molecule has 2 N–H and O–H groups in total. The Labute approximate surface area is 232 Å². The van der Waals surface area contributed by atoms with Crippen LogP contribution in [0.25, 0.3) is 11.3 Å². The van der Waals surface area contributed by atoms with Gasteiger partial charge in [-0.1, -0.05) is 54.1 Å². The van der Waals surface area contributed by atoms with E-state index in [1.54, 1.807) is 17.0 Å². The number of fused-ring (bicyclic) bond motifs is 1. The van der Waals surface area contributed by atoms with Crippen LogP contribution in [0.15, 0.2) is 77.9 Å². The zero-order chi connectivity index (χ0) is 26.8. The normalized spacial score (nSPS) is 15.1. The van der Waals surface area contributed by atoms with Gasteiger partial charge in [-0.05, 0) is 71.6 Å². The number of halogens is 1. The van der Waals surface area contributed by atoms with Crippen LogP contribution in [0.4, 0.5) is 0 Å². The first-order valence-electron chi connectivity index (χ1n) is 13.4. The number of hydrogen-bond acceptors (Lipinski definition) is 5. The first-order valence-corrected chi connectivity index (χ1v) is 13.7. The van der Waals surface area contributed by atoms with Crippen molar-refractivity contribution in [3.8, 4) is 11.3 Å². The summed E-state index contributed by atoms with van der Waals surface area (Å²) in [5, 5.41) is 6.97. The zero-order valence-electron chi connectivity index (χ0n) is 21.6. The largest absolute Gasteiger partial charge is 0.350 e. The third-order valence-corrected chi connectivity index (χ3v) is 8.11. The summed E-state index contributed by atoms with van der Waals surface area (Å²) in [7, 11) is 0. The van der Waals surface area contributed by atoms with E-state index < -0.39 is 0 Å². The Morgan fingerprint density at radius 3 is 2.59 bits per heavy atom. The SMILES string of the molecule is O=C(Cn1c(-c2ccccc2)cnc(CCC2(c3ccc(Cl)cc3)CC2)c1=O)NCc1cnc2c(c1)CNC2. The minimum atomic E-state index is -0.232. The van der Waals surface area contributed by atoms with Crippen LogP contribution >= 0.6 is 11.6 Å². The fourth-order valence-corrected chi connectivity index (χ4v) is 5.53. The first-order chi connectivity index (χ1) is 19.0. The van der Waals surface area contributed by atoms with Crippen molar-refractivity contribution in [2.24, 2.45) is 0 Å². The van der Waals surface area contributed by atoms with Gasteiger partial charge in [-0.2, -0.15) is 0 Å². The quantitative estimate of drug-likeness (QED) is 0.326. The molecule has 1 amide bonds. The fourth-order valence-electron chi connectivity index (χ4n) is 5.40. The van der Waals surface area contributed by atoms with E-state index >= 15 is 0 Å². The number of hydrogen-bond donors (Lipinski definition) is 2. The molecule has 0 bridgehead atoms. The number of nitrogens with zero attached hydrogens (tertiary/aromatic N) is 3. The van der Waals surface area contributed by atoms with E-state index in [0.717, 1.165) is 59.8 Å². The maximum absolute atomic E-state index is 13.7. The number of aryl methyl sites for hydroxylation is 1. The van der Waals surface area contributed by atoms with Crippen LogP contribution in [-0.2, 0) is 42.8 Å². The number of pyridine rings is 1. The maximum Gasteiger partial charge on any atom is 0.273 e. The van der Waals surface area contributed by atoms with E-state index in [4.69, 9.17) is 11.6 Å². The third kappa shape index (κ3) is 5.51. The molecule has 6 rings (SSSR count). The van der Waals surface area contributed by atoms with Crippen molar-refractivity contribution in [1.29, 1.82) is 0 Å². The summed E-state index contributed by atoms with van der Waals surface area (Å²) in [5.41, 5.74) is 6.21. The highest BCUT2D eigenvalue weighted by molar-refractivity contribution is 6.30. The number of rotatable bonds is 9. The lowest BCUT2D eigenvalue weighted by atomic mass is 9.90. The van der Waals surface area contributed by atoms with Crippen molar-refractivity contribution >= 4 is 17.5 Å². The lowest BCUT2D eigenvalue weighted by Gasteiger charge is -2.17. The van der Waals surface area contributed by atoms with Gasteiger partial charge in [0.1, 0.15) is 12.2 Å². The summed E-state index contributed by atoms with van der Waals surface area (Å²) in [6.45, 7) is 1.84. The predicted octanol–water partition coefficient (Wildman–Crippen LogP) is 4.54. The van der Waals surface area contributed by atoms with E-state index in [1.807, 2.05) is 42.5 Å². The molecule has 2 aromatic heterocycles. The van der Waals surface area contributed by atoms with Gasteiger partial charge < -0.3 is 10.6 Å². The predicted molar refractivity (Wildman–Crippen MR) is 151 cm³/mol. The lowest BCUT2D eigenvalue weighted by molar-refractivity contribution is -0.121. The van der Waals surface area contributed by atoms with Crippen LogP contribution in [0, 0.1) is 0 Å². The molecule has 39 heavy (non-hydrogen) atoms. The van der Waals surface area contributed by atoms with E-state index in [2.05, 4.69) is 38.8 Å². The van der Waals surface area contributed by atoms with Gasteiger partial charge >= 0.3 is 0 Å². The number of nitrogens with one attached hydrogen (secondary N) is 2. The third-order valence-electron chi connectivity index (χ3n) is 7.86. The molecule has 1 aliphatic carbocycles. The van der Waals surface area contributed by atoms with Gasteiger partial charge in [-0.3, -0.25) is 24.1 Å². The van der Waals surface area contributed by atoms with Crippen LogP contribution < -0.4 is 16.2 Å². The molecule has 2 aliphatic rings. The number of aromatic nitrogens is 3. The molecular formula is C31H30ClN5O2. The van der Waals surface area contributed by atoms with Crippen LogP contribution in [0.5, 0.6) is 0 Å². The summed E-state index contributed by atoms with van der Waals surface area (Å²) < 4.78 is 1.56. The standard InChI is InChI=1S/C31H30ClN5O2/c32-25-8-6-24(7-9-25)31(12-13-31)11-10-26-30(39)37(28(19-35-26)22-4-2-1-3-5-22)20-29(38)36-16-21-14-23-17-33-18-27(23)34-15-21/h1-9,14-15,19,33H,10-13,16-18,20H2,(H,36,38). The summed E-state index contributed by atoms with van der Waals surface area (Å²) in [5.74, 6) is -0.232. The molecule has 0 unspecified atom stereocenters.